The SMILES string of the molecule is CCC(CC)(CN)C(=O)Nc1ccc(C)c(OCC2CCOCC2)c1.Cl. The highest BCUT2D eigenvalue weighted by molar-refractivity contribution is 5.95. The molecular weight excluding hydrogens is 352 g/mol. The highest BCUT2D eigenvalue weighted by atomic mass is 35.5. The topological polar surface area (TPSA) is 73.6 Å². The van der Waals surface area contributed by atoms with Gasteiger partial charge in [-0.25, -0.2) is 0 Å². The number of carbonyl (C=O) groups is 1. The molecular formula is C20H33ClN2O3. The quantitative estimate of drug-likeness (QED) is 0.712. The molecule has 0 atom stereocenters. The Labute approximate surface area is 163 Å². The molecule has 148 valence electrons. The highest BCUT2D eigenvalue weighted by Gasteiger charge is 2.33. The van der Waals surface area contributed by atoms with Crippen LogP contribution in [0.25, 0.3) is 0 Å². The first-order valence-electron chi connectivity index (χ1n) is 9.37. The highest BCUT2D eigenvalue weighted by Crippen LogP contribution is 2.29. The number of benzene rings is 1. The smallest absolute Gasteiger partial charge is 0.231 e. The Morgan fingerprint density at radius 2 is 1.96 bits per heavy atom. The molecule has 1 fully saturated rings. The molecule has 0 bridgehead atoms. The second-order valence-corrected chi connectivity index (χ2v) is 6.99. The summed E-state index contributed by atoms with van der Waals surface area (Å²) in [7, 11) is 0. The first-order chi connectivity index (χ1) is 12.0. The van der Waals surface area contributed by atoms with E-state index in [1.165, 1.54) is 0 Å². The zero-order valence-corrected chi connectivity index (χ0v) is 17.0. The number of hydrogen-bond acceptors (Lipinski definition) is 4. The van der Waals surface area contributed by atoms with E-state index in [2.05, 4.69) is 5.32 Å². The number of aryl methyl sites for hydroxylation is 1. The maximum absolute atomic E-state index is 12.7. The third kappa shape index (κ3) is 5.60. The summed E-state index contributed by atoms with van der Waals surface area (Å²) in [4.78, 5) is 12.7. The van der Waals surface area contributed by atoms with E-state index in [1.54, 1.807) is 0 Å². The van der Waals surface area contributed by atoms with Crippen LogP contribution < -0.4 is 15.8 Å². The summed E-state index contributed by atoms with van der Waals surface area (Å²) >= 11 is 0. The molecule has 0 saturated carbocycles. The number of anilines is 1. The van der Waals surface area contributed by atoms with Crippen LogP contribution in [0.4, 0.5) is 5.69 Å². The molecule has 5 nitrogen and oxygen atoms in total. The molecule has 2 rings (SSSR count). The molecule has 1 aromatic rings. The molecule has 0 spiro atoms. The number of rotatable bonds is 8. The third-order valence-corrected chi connectivity index (χ3v) is 5.49. The summed E-state index contributed by atoms with van der Waals surface area (Å²) in [6.07, 6.45) is 3.54. The van der Waals surface area contributed by atoms with Crippen LogP contribution in [0.5, 0.6) is 5.75 Å². The van der Waals surface area contributed by atoms with Gasteiger partial charge in [-0.2, -0.15) is 0 Å². The van der Waals surface area contributed by atoms with Gasteiger partial charge in [0.2, 0.25) is 5.91 Å². The van der Waals surface area contributed by atoms with Crippen LogP contribution in [-0.2, 0) is 9.53 Å². The number of halogens is 1. The molecule has 1 heterocycles. The van der Waals surface area contributed by atoms with Gasteiger partial charge in [0.15, 0.2) is 0 Å². The van der Waals surface area contributed by atoms with Gasteiger partial charge in [0.1, 0.15) is 5.75 Å². The van der Waals surface area contributed by atoms with Crippen molar-refractivity contribution in [1.29, 1.82) is 0 Å². The summed E-state index contributed by atoms with van der Waals surface area (Å²) in [6, 6.07) is 5.82. The van der Waals surface area contributed by atoms with Gasteiger partial charge in [-0.3, -0.25) is 4.79 Å². The van der Waals surface area contributed by atoms with Crippen LogP contribution in [0.15, 0.2) is 18.2 Å². The van der Waals surface area contributed by atoms with E-state index < -0.39 is 5.41 Å². The fourth-order valence-electron chi connectivity index (χ4n) is 3.17. The Morgan fingerprint density at radius 3 is 2.54 bits per heavy atom. The third-order valence-electron chi connectivity index (χ3n) is 5.49. The molecule has 1 aliphatic heterocycles. The number of amides is 1. The van der Waals surface area contributed by atoms with Crippen molar-refractivity contribution in [1.82, 2.24) is 0 Å². The second kappa shape index (κ2) is 10.8. The van der Waals surface area contributed by atoms with E-state index in [1.807, 2.05) is 39.0 Å². The summed E-state index contributed by atoms with van der Waals surface area (Å²) in [5.74, 6) is 1.35. The van der Waals surface area contributed by atoms with Crippen LogP contribution in [-0.4, -0.2) is 32.3 Å². The Bertz CT molecular complexity index is 562. The lowest BCUT2D eigenvalue weighted by Crippen LogP contribution is -2.41. The maximum atomic E-state index is 12.7. The minimum Gasteiger partial charge on any atom is -0.493 e. The molecule has 1 aliphatic rings. The molecule has 0 aromatic heterocycles. The van der Waals surface area contributed by atoms with Gasteiger partial charge in [0.05, 0.1) is 12.0 Å². The van der Waals surface area contributed by atoms with Crippen molar-refractivity contribution >= 4 is 24.0 Å². The Morgan fingerprint density at radius 1 is 1.31 bits per heavy atom. The van der Waals surface area contributed by atoms with E-state index >= 15 is 0 Å². The van der Waals surface area contributed by atoms with Crippen molar-refractivity contribution in [2.24, 2.45) is 17.1 Å². The summed E-state index contributed by atoms with van der Waals surface area (Å²) in [5.41, 5.74) is 7.20. The molecule has 3 N–H and O–H groups in total. The number of carbonyl (C=O) groups excluding carboxylic acids is 1. The van der Waals surface area contributed by atoms with Gasteiger partial charge < -0.3 is 20.5 Å². The molecule has 0 unspecified atom stereocenters. The largest absolute Gasteiger partial charge is 0.493 e. The predicted octanol–water partition coefficient (Wildman–Crippen LogP) is 3.93. The van der Waals surface area contributed by atoms with Crippen molar-refractivity contribution < 1.29 is 14.3 Å². The average Bonchev–Trinajstić information content (AvgIpc) is 2.65. The number of ether oxygens (including phenoxy) is 2. The molecule has 1 amide bonds. The second-order valence-electron chi connectivity index (χ2n) is 6.99. The van der Waals surface area contributed by atoms with Crippen LogP contribution >= 0.6 is 12.4 Å². The first-order valence-corrected chi connectivity index (χ1v) is 9.37. The van der Waals surface area contributed by atoms with E-state index in [9.17, 15) is 4.79 Å². The Kier molecular flexibility index (Phi) is 9.41. The minimum atomic E-state index is -0.506. The molecule has 1 saturated heterocycles. The number of nitrogens with one attached hydrogen (secondary N) is 1. The molecule has 6 heteroatoms. The monoisotopic (exact) mass is 384 g/mol. The maximum Gasteiger partial charge on any atom is 0.231 e. The molecule has 1 aromatic carbocycles. The first kappa shape index (κ1) is 22.7. The van der Waals surface area contributed by atoms with Crippen molar-refractivity contribution in [2.75, 3.05) is 31.7 Å². The normalized spacial score (nSPS) is 15.2. The van der Waals surface area contributed by atoms with E-state index in [0.29, 0.717) is 19.1 Å². The van der Waals surface area contributed by atoms with Gasteiger partial charge >= 0.3 is 0 Å². The standard InChI is InChI=1S/C20H32N2O3.ClH/c1-4-20(5-2,14-21)19(23)22-17-7-6-15(3)18(12-17)25-13-16-8-10-24-11-9-16;/h6-7,12,16H,4-5,8-11,13-14,21H2,1-3H3,(H,22,23);1H. The summed E-state index contributed by atoms with van der Waals surface area (Å²) in [5, 5.41) is 3.02. The van der Waals surface area contributed by atoms with Gasteiger partial charge in [-0.15, -0.1) is 12.4 Å². The Balaban J connectivity index is 0.00000338. The number of nitrogens with two attached hydrogens (primary N) is 1. The fourth-order valence-corrected chi connectivity index (χ4v) is 3.17. The van der Waals surface area contributed by atoms with Gasteiger partial charge in [0.25, 0.3) is 0 Å². The van der Waals surface area contributed by atoms with Crippen molar-refractivity contribution in [3.8, 4) is 5.75 Å². The molecule has 0 aliphatic carbocycles. The van der Waals surface area contributed by atoms with Crippen molar-refractivity contribution in [3.63, 3.8) is 0 Å². The lowest BCUT2D eigenvalue weighted by molar-refractivity contribution is -0.125. The van der Waals surface area contributed by atoms with E-state index in [0.717, 1.165) is 55.9 Å². The lowest BCUT2D eigenvalue weighted by Gasteiger charge is -2.28. The van der Waals surface area contributed by atoms with Crippen molar-refractivity contribution in [3.05, 3.63) is 23.8 Å². The average molecular weight is 385 g/mol. The predicted molar refractivity (Wildman–Crippen MR) is 108 cm³/mol. The molecule has 26 heavy (non-hydrogen) atoms. The van der Waals surface area contributed by atoms with Crippen LogP contribution in [0, 0.1) is 18.3 Å². The zero-order valence-electron chi connectivity index (χ0n) is 16.2. The summed E-state index contributed by atoms with van der Waals surface area (Å²) < 4.78 is 11.4. The van der Waals surface area contributed by atoms with E-state index in [4.69, 9.17) is 15.2 Å². The Hall–Kier alpha value is -1.30. The van der Waals surface area contributed by atoms with Crippen LogP contribution in [0.3, 0.4) is 0 Å². The lowest BCUT2D eigenvalue weighted by atomic mass is 9.81. The van der Waals surface area contributed by atoms with Crippen LogP contribution in [0.2, 0.25) is 0 Å². The zero-order chi connectivity index (χ0) is 18.3. The summed E-state index contributed by atoms with van der Waals surface area (Å²) in [6.45, 7) is 8.72. The van der Waals surface area contributed by atoms with Crippen LogP contribution in [0.1, 0.15) is 45.1 Å². The fraction of sp³-hybridized carbons (Fsp3) is 0.650. The number of hydrogen-bond donors (Lipinski definition) is 2. The molecule has 0 radical (unpaired) electrons. The van der Waals surface area contributed by atoms with Crippen molar-refractivity contribution in [2.45, 2.75) is 46.5 Å². The van der Waals surface area contributed by atoms with E-state index in [-0.39, 0.29) is 18.3 Å². The van der Waals surface area contributed by atoms with Gasteiger partial charge in [-0.1, -0.05) is 19.9 Å². The minimum absolute atomic E-state index is 0. The van der Waals surface area contributed by atoms with Gasteiger partial charge in [-0.05, 0) is 50.2 Å². The van der Waals surface area contributed by atoms with Gasteiger partial charge in [0, 0.05) is 31.5 Å².